The van der Waals surface area contributed by atoms with Crippen LogP contribution in [0, 0.1) is 24.2 Å². The number of nitrogens with zero attached hydrogens (tertiary/aromatic N) is 8. The van der Waals surface area contributed by atoms with Crippen molar-refractivity contribution in [1.82, 2.24) is 24.4 Å². The van der Waals surface area contributed by atoms with Crippen molar-refractivity contribution in [3.8, 4) is 6.07 Å². The molecule has 2 aliphatic heterocycles. The van der Waals surface area contributed by atoms with Crippen LogP contribution in [0.3, 0.4) is 0 Å². The summed E-state index contributed by atoms with van der Waals surface area (Å²) in [5.74, 6) is 0.850. The van der Waals surface area contributed by atoms with Gasteiger partial charge in [-0.3, -0.25) is 10.2 Å². The van der Waals surface area contributed by atoms with E-state index in [0.29, 0.717) is 68.7 Å². The first-order chi connectivity index (χ1) is 17.1. The van der Waals surface area contributed by atoms with E-state index in [9.17, 15) is 4.79 Å². The van der Waals surface area contributed by atoms with Crippen molar-refractivity contribution >= 4 is 35.1 Å². The minimum Gasteiger partial charge on any atom is -0.378 e. The molecule has 0 radical (unpaired) electrons. The van der Waals surface area contributed by atoms with E-state index in [-0.39, 0.29) is 18.4 Å². The van der Waals surface area contributed by atoms with Gasteiger partial charge in [0.05, 0.1) is 37.7 Å². The fraction of sp³-hybridized carbons (Fsp3) is 0.417. The maximum Gasteiger partial charge on any atom is 0.242 e. The number of hydrogen-bond acceptors (Lipinski definition) is 9. The number of hydrazone groups is 1. The summed E-state index contributed by atoms with van der Waals surface area (Å²) in [5, 5.41) is 13.5. The zero-order chi connectivity index (χ0) is 24.2. The molecule has 5 rings (SSSR count). The number of morpholine rings is 1. The van der Waals surface area contributed by atoms with E-state index in [1.807, 2.05) is 31.2 Å². The third kappa shape index (κ3) is 5.07. The Morgan fingerprint density at radius 3 is 2.94 bits per heavy atom. The Labute approximate surface area is 203 Å². The number of ether oxygens (including phenoxy) is 1. The number of fused-ring (bicyclic) bond motifs is 1. The number of benzene rings is 1. The second-order valence-corrected chi connectivity index (χ2v) is 8.75. The second kappa shape index (κ2) is 10.1. The fourth-order valence-electron chi connectivity index (χ4n) is 4.29. The van der Waals surface area contributed by atoms with Crippen molar-refractivity contribution in [3.05, 3.63) is 41.7 Å². The summed E-state index contributed by atoms with van der Waals surface area (Å²) >= 11 is 0. The summed E-state index contributed by atoms with van der Waals surface area (Å²) in [7, 11) is 0. The lowest BCUT2D eigenvalue weighted by molar-refractivity contribution is -0.130. The minimum atomic E-state index is -0.101. The molecule has 1 N–H and O–H groups in total. The van der Waals surface area contributed by atoms with Gasteiger partial charge in [-0.05, 0) is 18.9 Å². The van der Waals surface area contributed by atoms with E-state index in [4.69, 9.17) is 20.0 Å². The highest BCUT2D eigenvalue weighted by Crippen LogP contribution is 2.24. The van der Waals surface area contributed by atoms with E-state index in [0.717, 1.165) is 11.1 Å². The van der Waals surface area contributed by atoms with Crippen LogP contribution >= 0.6 is 0 Å². The molecule has 35 heavy (non-hydrogen) atoms. The largest absolute Gasteiger partial charge is 0.378 e. The van der Waals surface area contributed by atoms with Crippen molar-refractivity contribution in [2.45, 2.75) is 19.9 Å². The maximum atomic E-state index is 12.9. The maximum absolute atomic E-state index is 12.9. The van der Waals surface area contributed by atoms with Crippen LogP contribution in [0.5, 0.6) is 0 Å². The Bertz CT molecular complexity index is 1290. The van der Waals surface area contributed by atoms with Gasteiger partial charge < -0.3 is 19.1 Å². The number of anilines is 2. The molecule has 1 unspecified atom stereocenters. The highest BCUT2D eigenvalue weighted by molar-refractivity contribution is 5.87. The van der Waals surface area contributed by atoms with Gasteiger partial charge in [0.15, 0.2) is 17.0 Å². The normalized spacial score (nSPS) is 18.3. The summed E-state index contributed by atoms with van der Waals surface area (Å²) in [6.07, 6.45) is 4.05. The van der Waals surface area contributed by atoms with Crippen molar-refractivity contribution in [2.24, 2.45) is 11.0 Å². The topological polar surface area (TPSA) is 125 Å². The number of imidazole rings is 1. The van der Waals surface area contributed by atoms with E-state index in [1.165, 1.54) is 0 Å². The van der Waals surface area contributed by atoms with E-state index < -0.39 is 0 Å². The number of aryl methyl sites for hydroxylation is 1. The molecule has 11 heteroatoms. The Morgan fingerprint density at radius 2 is 2.17 bits per heavy atom. The summed E-state index contributed by atoms with van der Waals surface area (Å²) in [5.41, 5.74) is 6.23. The van der Waals surface area contributed by atoms with Crippen LogP contribution < -0.4 is 10.3 Å². The zero-order valence-corrected chi connectivity index (χ0v) is 19.6. The Hall–Kier alpha value is -4.04. The molecular weight excluding hydrogens is 446 g/mol. The summed E-state index contributed by atoms with van der Waals surface area (Å²) < 4.78 is 7.21. The van der Waals surface area contributed by atoms with Gasteiger partial charge in [-0.15, -0.1) is 0 Å². The van der Waals surface area contributed by atoms with Crippen LogP contribution in [-0.4, -0.2) is 75.9 Å². The van der Waals surface area contributed by atoms with Gasteiger partial charge in [0.2, 0.25) is 11.9 Å². The molecule has 2 fully saturated rings. The average molecular weight is 474 g/mol. The predicted octanol–water partition coefficient (Wildman–Crippen LogP) is 1.79. The average Bonchev–Trinajstić information content (AvgIpc) is 3.52. The highest BCUT2D eigenvalue weighted by Gasteiger charge is 2.27. The molecule has 180 valence electrons. The van der Waals surface area contributed by atoms with Crippen molar-refractivity contribution in [3.63, 3.8) is 0 Å². The summed E-state index contributed by atoms with van der Waals surface area (Å²) in [6, 6.07) is 10.3. The smallest absolute Gasteiger partial charge is 0.242 e. The molecule has 1 atom stereocenters. The number of carbonyl (C=O) groups excluding carboxylic acids is 1. The molecule has 2 saturated heterocycles. The lowest BCUT2D eigenvalue weighted by Crippen LogP contribution is -2.37. The van der Waals surface area contributed by atoms with E-state index >= 15 is 0 Å². The molecule has 4 heterocycles. The summed E-state index contributed by atoms with van der Waals surface area (Å²) in [6.45, 7) is 5.74. The van der Waals surface area contributed by atoms with E-state index in [2.05, 4.69) is 26.5 Å². The third-order valence-electron chi connectivity index (χ3n) is 6.20. The van der Waals surface area contributed by atoms with Crippen LogP contribution in [0.15, 0.2) is 35.7 Å². The minimum absolute atomic E-state index is 0.0550. The van der Waals surface area contributed by atoms with Crippen LogP contribution in [-0.2, 0) is 16.1 Å². The van der Waals surface area contributed by atoms with Gasteiger partial charge in [0, 0.05) is 26.2 Å². The Balaban J connectivity index is 1.43. The molecule has 0 spiro atoms. The molecule has 1 amide bonds. The van der Waals surface area contributed by atoms with Gasteiger partial charge in [-0.2, -0.15) is 20.3 Å². The van der Waals surface area contributed by atoms with Gasteiger partial charge >= 0.3 is 0 Å². The fourth-order valence-corrected chi connectivity index (χ4v) is 4.29. The van der Waals surface area contributed by atoms with Crippen LogP contribution in [0.1, 0.15) is 17.5 Å². The number of carbonyl (C=O) groups is 1. The number of rotatable bonds is 6. The number of nitriles is 1. The zero-order valence-electron chi connectivity index (χ0n) is 19.6. The van der Waals surface area contributed by atoms with Gasteiger partial charge in [-0.1, -0.05) is 29.8 Å². The first-order valence-electron chi connectivity index (χ1n) is 11.7. The number of hydrogen-bond donors (Lipinski definition) is 1. The number of likely N-dealkylation sites (tertiary alicyclic amines) is 1. The monoisotopic (exact) mass is 473 g/mol. The first kappa shape index (κ1) is 22.7. The lowest BCUT2D eigenvalue weighted by Gasteiger charge is -2.27. The Kier molecular flexibility index (Phi) is 6.54. The SMILES string of the molecule is Cc1cccc(/C=N/Nc2nc(N3CCOCC3)nc3c2ncn3CC(=O)N2CCC(C#N)C2)c1. The molecule has 3 aromatic rings. The number of amides is 1. The van der Waals surface area contributed by atoms with Crippen molar-refractivity contribution in [1.29, 1.82) is 5.26 Å². The van der Waals surface area contributed by atoms with Crippen molar-refractivity contribution in [2.75, 3.05) is 49.7 Å². The lowest BCUT2D eigenvalue weighted by atomic mass is 10.1. The van der Waals surface area contributed by atoms with E-state index in [1.54, 1.807) is 22.0 Å². The van der Waals surface area contributed by atoms with Crippen LogP contribution in [0.2, 0.25) is 0 Å². The predicted molar refractivity (Wildman–Crippen MR) is 131 cm³/mol. The van der Waals surface area contributed by atoms with Gasteiger partial charge in [-0.25, -0.2) is 4.98 Å². The highest BCUT2D eigenvalue weighted by atomic mass is 16.5. The molecular formula is C24H27N9O2. The van der Waals surface area contributed by atoms with Gasteiger partial charge in [0.1, 0.15) is 6.54 Å². The van der Waals surface area contributed by atoms with Crippen LogP contribution in [0.25, 0.3) is 11.2 Å². The number of aromatic nitrogens is 4. The standard InChI is InChI=1S/C24H27N9O2/c1-17-3-2-4-18(11-17)13-27-30-22-21-23(29-24(28-22)31-7-9-35-10-8-31)33(16-26-21)15-20(34)32-6-5-19(12-25)14-32/h2-4,11,13,16,19H,5-10,14-15H2,1H3,(H,28,29,30)/b27-13+. The molecule has 0 aliphatic carbocycles. The molecule has 1 aromatic carbocycles. The number of nitrogens with one attached hydrogen (secondary N) is 1. The van der Waals surface area contributed by atoms with Gasteiger partial charge in [0.25, 0.3) is 0 Å². The van der Waals surface area contributed by atoms with Crippen LogP contribution in [0.4, 0.5) is 11.8 Å². The quantitative estimate of drug-likeness (QED) is 0.424. The first-order valence-corrected chi connectivity index (χ1v) is 11.7. The molecule has 11 nitrogen and oxygen atoms in total. The Morgan fingerprint density at radius 1 is 1.31 bits per heavy atom. The molecule has 2 aliphatic rings. The van der Waals surface area contributed by atoms with Crippen molar-refractivity contribution < 1.29 is 9.53 Å². The second-order valence-electron chi connectivity index (χ2n) is 8.75. The molecule has 0 bridgehead atoms. The molecule has 0 saturated carbocycles. The third-order valence-corrected chi connectivity index (χ3v) is 6.20. The molecule has 2 aromatic heterocycles. The summed E-state index contributed by atoms with van der Waals surface area (Å²) in [4.78, 5) is 30.6.